The minimum Gasteiger partial charge on any atom is -0.367 e. The molecule has 1 heterocycles. The van der Waals surface area contributed by atoms with Gasteiger partial charge in [0.2, 0.25) is 0 Å². The molecule has 2 fully saturated rings. The van der Waals surface area contributed by atoms with Crippen molar-refractivity contribution in [1.82, 2.24) is 4.90 Å². The van der Waals surface area contributed by atoms with Crippen LogP contribution in [-0.2, 0) is 4.74 Å². The largest absolute Gasteiger partial charge is 0.367 e. The third-order valence-corrected chi connectivity index (χ3v) is 4.48. The summed E-state index contributed by atoms with van der Waals surface area (Å²) < 4.78 is 5.77. The van der Waals surface area contributed by atoms with Crippen molar-refractivity contribution in [3.8, 4) is 11.8 Å². The van der Waals surface area contributed by atoms with Crippen molar-refractivity contribution in [2.24, 2.45) is 5.92 Å². The molecule has 1 saturated heterocycles. The maximum Gasteiger partial charge on any atom is 0.107 e. The number of rotatable bonds is 4. The number of hydrogen-bond donors (Lipinski definition) is 0. The second-order valence-corrected chi connectivity index (χ2v) is 6.30. The average Bonchev–Trinajstić information content (AvgIpc) is 2.88. The first-order valence-electron chi connectivity index (χ1n) is 8.09. The maximum absolute atomic E-state index is 5.77. The van der Waals surface area contributed by atoms with E-state index in [0.29, 0.717) is 24.6 Å². The van der Waals surface area contributed by atoms with Gasteiger partial charge in [-0.1, -0.05) is 31.1 Å². The number of ether oxygens (including phenoxy) is 1. The van der Waals surface area contributed by atoms with Crippen molar-refractivity contribution in [3.05, 3.63) is 0 Å². The van der Waals surface area contributed by atoms with Gasteiger partial charge in [0.1, 0.15) is 6.61 Å². The van der Waals surface area contributed by atoms with Crippen LogP contribution in [0.2, 0.25) is 0 Å². The van der Waals surface area contributed by atoms with Crippen LogP contribution in [0.5, 0.6) is 0 Å². The van der Waals surface area contributed by atoms with Crippen LogP contribution in [-0.4, -0.2) is 36.7 Å². The minimum absolute atomic E-state index is 0.622. The molecule has 1 aliphatic carbocycles. The van der Waals surface area contributed by atoms with Crippen molar-refractivity contribution in [2.75, 3.05) is 19.8 Å². The number of nitrogens with zero attached hydrogens (tertiary/aromatic N) is 1. The highest BCUT2D eigenvalue weighted by Crippen LogP contribution is 2.22. The van der Waals surface area contributed by atoms with Gasteiger partial charge in [0.25, 0.3) is 0 Å². The Balaban J connectivity index is 1.62. The molecule has 1 atom stereocenters. The zero-order chi connectivity index (χ0) is 13.5. The summed E-state index contributed by atoms with van der Waals surface area (Å²) in [6.07, 6.45) is 9.35. The summed E-state index contributed by atoms with van der Waals surface area (Å²) in [5.74, 6) is 7.27. The van der Waals surface area contributed by atoms with E-state index in [4.69, 9.17) is 4.74 Å². The summed E-state index contributed by atoms with van der Waals surface area (Å²) in [4.78, 5) is 2.56. The van der Waals surface area contributed by atoms with Gasteiger partial charge in [-0.05, 0) is 46.1 Å². The summed E-state index contributed by atoms with van der Waals surface area (Å²) in [7, 11) is 0. The molecule has 0 N–H and O–H groups in total. The van der Waals surface area contributed by atoms with Crippen LogP contribution in [0.4, 0.5) is 0 Å². The normalized spacial score (nSPS) is 25.5. The summed E-state index contributed by atoms with van der Waals surface area (Å²) in [5.41, 5.74) is 0. The maximum atomic E-state index is 5.77. The first-order valence-corrected chi connectivity index (χ1v) is 8.09. The van der Waals surface area contributed by atoms with Crippen molar-refractivity contribution < 1.29 is 4.74 Å². The second-order valence-electron chi connectivity index (χ2n) is 6.30. The second kappa shape index (κ2) is 7.92. The summed E-state index contributed by atoms with van der Waals surface area (Å²) in [6, 6.07) is 1.26. The van der Waals surface area contributed by atoms with Gasteiger partial charge in [-0.3, -0.25) is 4.90 Å². The van der Waals surface area contributed by atoms with Gasteiger partial charge in [0, 0.05) is 18.0 Å². The standard InChI is InChI=1S/C17H29NO/c1-15(2)18-12-6-11-17(18)14-19-13-7-10-16-8-4-3-5-9-16/h15-17H,3-6,8-9,11-14H2,1-2H3/t17-/m1/s1. The van der Waals surface area contributed by atoms with E-state index in [1.165, 1.54) is 51.5 Å². The zero-order valence-electron chi connectivity index (χ0n) is 12.7. The molecule has 1 aliphatic heterocycles. The molecule has 0 spiro atoms. The molecule has 0 unspecified atom stereocenters. The number of hydrogen-bond acceptors (Lipinski definition) is 2. The Hall–Kier alpha value is -0.520. The summed E-state index contributed by atoms with van der Waals surface area (Å²) >= 11 is 0. The lowest BCUT2D eigenvalue weighted by atomic mass is 9.90. The van der Waals surface area contributed by atoms with Crippen molar-refractivity contribution in [1.29, 1.82) is 0 Å². The lowest BCUT2D eigenvalue weighted by Gasteiger charge is -2.27. The van der Waals surface area contributed by atoms with Crippen LogP contribution in [0, 0.1) is 17.8 Å². The lowest BCUT2D eigenvalue weighted by Crippen LogP contribution is -2.38. The quantitative estimate of drug-likeness (QED) is 0.569. The van der Waals surface area contributed by atoms with E-state index in [-0.39, 0.29) is 0 Å². The Bertz CT molecular complexity index is 309. The molecule has 108 valence electrons. The van der Waals surface area contributed by atoms with Crippen LogP contribution < -0.4 is 0 Å². The van der Waals surface area contributed by atoms with Crippen LogP contribution >= 0.6 is 0 Å². The molecule has 2 nitrogen and oxygen atoms in total. The Labute approximate surface area is 118 Å². The highest BCUT2D eigenvalue weighted by Gasteiger charge is 2.26. The van der Waals surface area contributed by atoms with Gasteiger partial charge < -0.3 is 4.74 Å². The van der Waals surface area contributed by atoms with Crippen molar-refractivity contribution in [3.63, 3.8) is 0 Å². The Morgan fingerprint density at radius 1 is 1.11 bits per heavy atom. The smallest absolute Gasteiger partial charge is 0.107 e. The average molecular weight is 263 g/mol. The van der Waals surface area contributed by atoms with E-state index in [9.17, 15) is 0 Å². The summed E-state index contributed by atoms with van der Waals surface area (Å²) in [6.45, 7) is 7.28. The van der Waals surface area contributed by atoms with E-state index >= 15 is 0 Å². The third kappa shape index (κ3) is 4.82. The molecular formula is C17H29NO. The molecule has 0 aromatic heterocycles. The first kappa shape index (κ1) is 14.9. The molecule has 1 saturated carbocycles. The van der Waals surface area contributed by atoms with E-state index in [0.717, 1.165) is 6.61 Å². The topological polar surface area (TPSA) is 12.5 Å². The van der Waals surface area contributed by atoms with Gasteiger partial charge in [0.05, 0.1) is 6.61 Å². The van der Waals surface area contributed by atoms with Crippen LogP contribution in [0.3, 0.4) is 0 Å². The SMILES string of the molecule is CC(C)N1CCC[C@@H]1COCC#CC1CCCCC1. The van der Waals surface area contributed by atoms with Gasteiger partial charge >= 0.3 is 0 Å². The van der Waals surface area contributed by atoms with Gasteiger partial charge in [0.15, 0.2) is 0 Å². The van der Waals surface area contributed by atoms with Crippen LogP contribution in [0.25, 0.3) is 0 Å². The fourth-order valence-corrected chi connectivity index (χ4v) is 3.40. The zero-order valence-corrected chi connectivity index (χ0v) is 12.7. The lowest BCUT2D eigenvalue weighted by molar-refractivity contribution is 0.0829. The Morgan fingerprint density at radius 2 is 1.89 bits per heavy atom. The molecule has 0 aromatic carbocycles. The van der Waals surface area contributed by atoms with Gasteiger partial charge in [-0.2, -0.15) is 0 Å². The molecule has 0 radical (unpaired) electrons. The number of likely N-dealkylation sites (tertiary alicyclic amines) is 1. The van der Waals surface area contributed by atoms with E-state index in [1.54, 1.807) is 0 Å². The minimum atomic E-state index is 0.622. The van der Waals surface area contributed by atoms with Gasteiger partial charge in [-0.25, -0.2) is 0 Å². The first-order chi connectivity index (χ1) is 9.27. The predicted molar refractivity (Wildman–Crippen MR) is 80.0 cm³/mol. The van der Waals surface area contributed by atoms with E-state index < -0.39 is 0 Å². The predicted octanol–water partition coefficient (Wildman–Crippen LogP) is 3.46. The summed E-state index contributed by atoms with van der Waals surface area (Å²) in [5, 5.41) is 0. The highest BCUT2D eigenvalue weighted by atomic mass is 16.5. The van der Waals surface area contributed by atoms with E-state index in [1.807, 2.05) is 0 Å². The van der Waals surface area contributed by atoms with E-state index in [2.05, 4.69) is 30.6 Å². The fraction of sp³-hybridized carbons (Fsp3) is 0.882. The van der Waals surface area contributed by atoms with Crippen LogP contribution in [0.1, 0.15) is 58.8 Å². The molecule has 0 amide bonds. The Morgan fingerprint density at radius 3 is 2.63 bits per heavy atom. The van der Waals surface area contributed by atoms with Crippen molar-refractivity contribution >= 4 is 0 Å². The monoisotopic (exact) mass is 263 g/mol. The molecule has 2 heteroatoms. The highest BCUT2D eigenvalue weighted by molar-refractivity contribution is 5.04. The fourth-order valence-electron chi connectivity index (χ4n) is 3.40. The molecular weight excluding hydrogens is 234 g/mol. The molecule has 0 aromatic rings. The molecule has 0 bridgehead atoms. The van der Waals surface area contributed by atoms with Crippen molar-refractivity contribution in [2.45, 2.75) is 70.9 Å². The Kier molecular flexibility index (Phi) is 6.20. The molecule has 2 aliphatic rings. The molecule has 2 rings (SSSR count). The van der Waals surface area contributed by atoms with Crippen LogP contribution in [0.15, 0.2) is 0 Å². The molecule has 19 heavy (non-hydrogen) atoms. The van der Waals surface area contributed by atoms with Gasteiger partial charge in [-0.15, -0.1) is 0 Å². The third-order valence-electron chi connectivity index (χ3n) is 4.48.